The normalized spacial score (nSPS) is 17.3. The Morgan fingerprint density at radius 1 is 0.967 bits per heavy atom. The fourth-order valence-corrected chi connectivity index (χ4v) is 4.74. The number of hydrogen-bond donors (Lipinski definition) is 2. The maximum absolute atomic E-state index is 12.5. The van der Waals surface area contributed by atoms with Crippen LogP contribution in [-0.4, -0.2) is 9.97 Å². The predicted molar refractivity (Wildman–Crippen MR) is 124 cm³/mol. The molecule has 1 aliphatic carbocycles. The minimum atomic E-state index is -0.0813. The molecule has 3 aromatic rings. The molecule has 0 bridgehead atoms. The Balaban J connectivity index is 1.54. The van der Waals surface area contributed by atoms with Gasteiger partial charge in [-0.3, -0.25) is 4.79 Å². The van der Waals surface area contributed by atoms with Crippen LogP contribution in [0.2, 0.25) is 0 Å². The maximum Gasteiger partial charge on any atom is 0.258 e. The molecule has 0 amide bonds. The predicted octanol–water partition coefficient (Wildman–Crippen LogP) is 6.02. The standard InChI is InChI=1S/C26H33N3O/c1-17(2)24(21-15-13-20(14-16-21)19-9-5-4-6-10-19)27-18(3)25-28-23-12-8-7-11-22(23)26(30)29-25/h7-8,11-19,24,27H,4-6,9-10H2,1-3H3,(H,28,29,30). The third-order valence-corrected chi connectivity index (χ3v) is 6.51. The summed E-state index contributed by atoms with van der Waals surface area (Å²) in [6, 6.07) is 16.8. The number of nitrogens with one attached hydrogen (secondary N) is 2. The van der Waals surface area contributed by atoms with Crippen LogP contribution in [0.15, 0.2) is 53.3 Å². The van der Waals surface area contributed by atoms with E-state index in [4.69, 9.17) is 4.98 Å². The lowest BCUT2D eigenvalue weighted by atomic mass is 9.83. The Morgan fingerprint density at radius 3 is 2.37 bits per heavy atom. The Hall–Kier alpha value is -2.46. The molecule has 1 aliphatic rings. The van der Waals surface area contributed by atoms with Gasteiger partial charge in [0.15, 0.2) is 0 Å². The average molecular weight is 404 g/mol. The molecular weight excluding hydrogens is 370 g/mol. The molecule has 0 aliphatic heterocycles. The molecule has 2 atom stereocenters. The SMILES string of the molecule is CC(NC(c1ccc(C2CCCCC2)cc1)C(C)C)c1nc2ccccc2c(=O)[nH]1. The summed E-state index contributed by atoms with van der Waals surface area (Å²) in [5.74, 6) is 1.83. The van der Waals surface area contributed by atoms with Gasteiger partial charge in [-0.25, -0.2) is 4.98 Å². The molecule has 4 nitrogen and oxygen atoms in total. The number of hydrogen-bond acceptors (Lipinski definition) is 3. The molecule has 1 heterocycles. The molecule has 1 fully saturated rings. The van der Waals surface area contributed by atoms with Crippen molar-refractivity contribution in [1.82, 2.24) is 15.3 Å². The Kier molecular flexibility index (Phi) is 6.33. The van der Waals surface area contributed by atoms with Crippen molar-refractivity contribution in [3.05, 3.63) is 75.8 Å². The first-order valence-electron chi connectivity index (χ1n) is 11.4. The van der Waals surface area contributed by atoms with Crippen LogP contribution in [-0.2, 0) is 0 Å². The van der Waals surface area contributed by atoms with Gasteiger partial charge in [-0.1, -0.05) is 69.5 Å². The first-order chi connectivity index (χ1) is 14.5. The smallest absolute Gasteiger partial charge is 0.258 e. The van der Waals surface area contributed by atoms with E-state index in [1.165, 1.54) is 43.2 Å². The van der Waals surface area contributed by atoms with Crippen LogP contribution in [0, 0.1) is 5.92 Å². The van der Waals surface area contributed by atoms with Gasteiger partial charge in [0, 0.05) is 6.04 Å². The Labute approximate surface area is 179 Å². The number of nitrogens with zero attached hydrogens (tertiary/aromatic N) is 1. The molecule has 0 radical (unpaired) electrons. The zero-order valence-electron chi connectivity index (χ0n) is 18.3. The molecule has 158 valence electrons. The fraction of sp³-hybridized carbons (Fsp3) is 0.462. The van der Waals surface area contributed by atoms with E-state index in [9.17, 15) is 4.79 Å². The largest absolute Gasteiger partial charge is 0.309 e. The lowest BCUT2D eigenvalue weighted by Crippen LogP contribution is -2.30. The molecular formula is C26H33N3O. The lowest BCUT2D eigenvalue weighted by Gasteiger charge is -2.28. The van der Waals surface area contributed by atoms with Crippen molar-refractivity contribution in [2.45, 2.75) is 70.9 Å². The van der Waals surface area contributed by atoms with Gasteiger partial charge >= 0.3 is 0 Å². The van der Waals surface area contributed by atoms with E-state index in [1.807, 2.05) is 24.3 Å². The van der Waals surface area contributed by atoms with Gasteiger partial charge in [0.25, 0.3) is 5.56 Å². The van der Waals surface area contributed by atoms with Crippen molar-refractivity contribution < 1.29 is 0 Å². The van der Waals surface area contributed by atoms with Crippen molar-refractivity contribution in [3.63, 3.8) is 0 Å². The summed E-state index contributed by atoms with van der Waals surface area (Å²) in [6.07, 6.45) is 6.75. The number of aromatic amines is 1. The van der Waals surface area contributed by atoms with Crippen molar-refractivity contribution in [3.8, 4) is 0 Å². The van der Waals surface area contributed by atoms with E-state index in [2.05, 4.69) is 55.3 Å². The van der Waals surface area contributed by atoms with E-state index < -0.39 is 0 Å². The lowest BCUT2D eigenvalue weighted by molar-refractivity contribution is 0.367. The highest BCUT2D eigenvalue weighted by Gasteiger charge is 2.21. The van der Waals surface area contributed by atoms with Crippen molar-refractivity contribution >= 4 is 10.9 Å². The number of benzene rings is 2. The monoisotopic (exact) mass is 403 g/mol. The summed E-state index contributed by atoms with van der Waals surface area (Å²) in [7, 11) is 0. The second kappa shape index (κ2) is 9.13. The van der Waals surface area contributed by atoms with Crippen LogP contribution in [0.1, 0.15) is 87.8 Å². The summed E-state index contributed by atoms with van der Waals surface area (Å²) in [5, 5.41) is 4.34. The first-order valence-corrected chi connectivity index (χ1v) is 11.4. The van der Waals surface area contributed by atoms with Crippen molar-refractivity contribution in [1.29, 1.82) is 0 Å². The van der Waals surface area contributed by atoms with E-state index in [0.717, 1.165) is 11.4 Å². The van der Waals surface area contributed by atoms with E-state index >= 15 is 0 Å². The third kappa shape index (κ3) is 4.49. The minimum Gasteiger partial charge on any atom is -0.309 e. The number of rotatable bonds is 6. The molecule has 1 aromatic heterocycles. The highest BCUT2D eigenvalue weighted by molar-refractivity contribution is 5.77. The van der Waals surface area contributed by atoms with Gasteiger partial charge in [0.05, 0.1) is 16.9 Å². The molecule has 2 unspecified atom stereocenters. The zero-order valence-corrected chi connectivity index (χ0v) is 18.3. The zero-order chi connectivity index (χ0) is 21.1. The number of fused-ring (bicyclic) bond motifs is 1. The summed E-state index contributed by atoms with van der Waals surface area (Å²) < 4.78 is 0. The van der Waals surface area contributed by atoms with E-state index in [-0.39, 0.29) is 17.6 Å². The van der Waals surface area contributed by atoms with Gasteiger partial charge in [-0.2, -0.15) is 0 Å². The second-order valence-corrected chi connectivity index (χ2v) is 9.08. The Bertz CT molecular complexity index is 1030. The molecule has 30 heavy (non-hydrogen) atoms. The van der Waals surface area contributed by atoms with Crippen LogP contribution in [0.3, 0.4) is 0 Å². The third-order valence-electron chi connectivity index (χ3n) is 6.51. The minimum absolute atomic E-state index is 0.0623. The second-order valence-electron chi connectivity index (χ2n) is 9.08. The average Bonchev–Trinajstić information content (AvgIpc) is 2.78. The maximum atomic E-state index is 12.5. The highest BCUT2D eigenvalue weighted by atomic mass is 16.1. The van der Waals surface area contributed by atoms with Crippen LogP contribution >= 0.6 is 0 Å². The van der Waals surface area contributed by atoms with Gasteiger partial charge in [0.2, 0.25) is 0 Å². The summed E-state index contributed by atoms with van der Waals surface area (Å²) in [5.41, 5.74) is 3.43. The molecule has 1 saturated carbocycles. The number of aromatic nitrogens is 2. The van der Waals surface area contributed by atoms with Gasteiger partial charge < -0.3 is 10.3 Å². The molecule has 2 aromatic carbocycles. The van der Waals surface area contributed by atoms with Crippen LogP contribution in [0.5, 0.6) is 0 Å². The number of H-pyrrole nitrogens is 1. The van der Waals surface area contributed by atoms with Crippen molar-refractivity contribution in [2.24, 2.45) is 5.92 Å². The topological polar surface area (TPSA) is 57.8 Å². The van der Waals surface area contributed by atoms with Gasteiger partial charge in [-0.15, -0.1) is 0 Å². The molecule has 0 spiro atoms. The van der Waals surface area contributed by atoms with Crippen LogP contribution in [0.4, 0.5) is 0 Å². The quantitative estimate of drug-likeness (QED) is 0.529. The van der Waals surface area contributed by atoms with E-state index in [0.29, 0.717) is 17.1 Å². The van der Waals surface area contributed by atoms with Crippen LogP contribution < -0.4 is 10.9 Å². The summed E-state index contributed by atoms with van der Waals surface area (Å²) in [4.78, 5) is 20.1. The molecule has 2 N–H and O–H groups in total. The molecule has 4 heteroatoms. The molecule has 0 saturated heterocycles. The summed E-state index contributed by atoms with van der Waals surface area (Å²) >= 11 is 0. The first kappa shape index (κ1) is 20.8. The van der Waals surface area contributed by atoms with Crippen LogP contribution in [0.25, 0.3) is 10.9 Å². The molecule has 4 rings (SSSR count). The van der Waals surface area contributed by atoms with Crippen molar-refractivity contribution in [2.75, 3.05) is 0 Å². The van der Waals surface area contributed by atoms with Gasteiger partial charge in [0.1, 0.15) is 5.82 Å². The van der Waals surface area contributed by atoms with E-state index in [1.54, 1.807) is 0 Å². The number of para-hydroxylation sites is 1. The summed E-state index contributed by atoms with van der Waals surface area (Å²) in [6.45, 7) is 6.53. The Morgan fingerprint density at radius 2 is 1.67 bits per heavy atom. The fourth-order valence-electron chi connectivity index (χ4n) is 4.74. The van der Waals surface area contributed by atoms with Gasteiger partial charge in [-0.05, 0) is 54.9 Å². The highest BCUT2D eigenvalue weighted by Crippen LogP contribution is 2.34.